The van der Waals surface area contributed by atoms with Gasteiger partial charge in [0.25, 0.3) is 23.6 Å². The SMILES string of the molecule is C=C(C)C(=O)Nc1ccc(OC(=O)NC(C)CCOC(C)(C)CC(CC(C)(C)OCCC(C)(C)NC(=O)Oc2ccc(NC(=O)C(=C)C)cc2)(CC(C)(C)OCCC(C)(C)NC(=O)Oc2ccc(NC(=O)C(=C)C)cc2)CC(C)(C)OCCC(C)(C)NC(=O)Oc2ccc(NC(=O)C(=C)C)cc2)cc1. The van der Waals surface area contributed by atoms with Gasteiger partial charge < -0.3 is 80.4 Å². The van der Waals surface area contributed by atoms with Gasteiger partial charge in [0.1, 0.15) is 23.0 Å². The van der Waals surface area contributed by atoms with Gasteiger partial charge in [-0.05, 0) is 285 Å². The number of anilines is 4. The maximum Gasteiger partial charge on any atom is 0.413 e. The van der Waals surface area contributed by atoms with Crippen LogP contribution >= 0.6 is 0 Å². The quantitative estimate of drug-likeness (QED) is 0.0192. The standard InChI is InChI=1S/C80H114N8O16/c1-52(2)65(89)82-57-24-32-61(33-25-57)101-69(93)81-56(9)40-44-97-76(16,17)48-80(49-77(18,19)98-45-41-73(10,11)86-70(94)102-62-34-26-58(27-35-62)83-66(90)53(3)4,50-78(20,21)99-46-42-74(12,13)87-71(95)103-63-36-28-59(29-37-63)84-67(91)54(5)6)51-79(22,23)100-47-43-75(14,15)88-72(96)104-64-38-30-60(31-39-64)85-68(92)55(7)8/h24-39,56H,1,3,5,7,40-51H2,2,4,6,8-23H3,(H,81,93)(H,82,89)(H,83,90)(H,84,91)(H,85,92)(H,86,94)(H,87,95)(H,88,96). The Balaban J connectivity index is 1.64. The van der Waals surface area contributed by atoms with Crippen LogP contribution in [-0.2, 0) is 38.1 Å². The molecule has 0 aliphatic rings. The monoisotopic (exact) mass is 1440 g/mol. The molecule has 0 aliphatic carbocycles. The summed E-state index contributed by atoms with van der Waals surface area (Å²) in [6.45, 7) is 51.3. The van der Waals surface area contributed by atoms with Gasteiger partial charge in [-0.1, -0.05) is 26.3 Å². The lowest BCUT2D eigenvalue weighted by Gasteiger charge is -2.50. The van der Waals surface area contributed by atoms with Crippen molar-refractivity contribution in [3.63, 3.8) is 0 Å². The average Bonchev–Trinajstić information content (AvgIpc) is 0.776. The number of carbonyl (C=O) groups excluding carboxylic acids is 8. The highest BCUT2D eigenvalue weighted by atomic mass is 16.6. The van der Waals surface area contributed by atoms with Crippen LogP contribution in [0.4, 0.5) is 41.9 Å². The van der Waals surface area contributed by atoms with Crippen molar-refractivity contribution in [1.29, 1.82) is 0 Å². The van der Waals surface area contributed by atoms with Crippen molar-refractivity contribution in [3.8, 4) is 23.0 Å². The summed E-state index contributed by atoms with van der Waals surface area (Å²) < 4.78 is 50.3. The third-order valence-corrected chi connectivity index (χ3v) is 16.4. The van der Waals surface area contributed by atoms with Crippen molar-refractivity contribution < 1.29 is 76.3 Å². The zero-order valence-electron chi connectivity index (χ0n) is 64.7. The normalized spacial score (nSPS) is 12.5. The van der Waals surface area contributed by atoms with Crippen LogP contribution in [-0.4, -0.2) is 119 Å². The smallest absolute Gasteiger partial charge is 0.410 e. The molecule has 24 heteroatoms. The summed E-state index contributed by atoms with van der Waals surface area (Å²) >= 11 is 0. The van der Waals surface area contributed by atoms with E-state index in [1.165, 1.54) is 0 Å². The van der Waals surface area contributed by atoms with E-state index in [4.69, 9.17) is 37.9 Å². The van der Waals surface area contributed by atoms with E-state index in [0.29, 0.717) is 96.4 Å². The Bertz CT molecular complexity index is 3360. The highest BCUT2D eigenvalue weighted by Crippen LogP contribution is 2.51. The maximum atomic E-state index is 13.4. The fourth-order valence-electron chi connectivity index (χ4n) is 11.7. The molecule has 4 aromatic rings. The lowest BCUT2D eigenvalue weighted by Crippen LogP contribution is -2.50. The minimum absolute atomic E-state index is 0.215. The van der Waals surface area contributed by atoms with Crippen LogP contribution in [0.2, 0.25) is 0 Å². The summed E-state index contributed by atoms with van der Waals surface area (Å²) in [5.41, 5.74) is -3.21. The van der Waals surface area contributed by atoms with Gasteiger partial charge in [0.05, 0.1) is 22.4 Å². The summed E-state index contributed by atoms with van der Waals surface area (Å²) in [6.07, 6.45) is 0.540. The lowest BCUT2D eigenvalue weighted by atomic mass is 9.62. The van der Waals surface area contributed by atoms with Gasteiger partial charge in [-0.2, -0.15) is 0 Å². The van der Waals surface area contributed by atoms with Crippen LogP contribution in [0.5, 0.6) is 23.0 Å². The molecule has 0 bridgehead atoms. The summed E-state index contributed by atoms with van der Waals surface area (Å²) in [4.78, 5) is 102. The van der Waals surface area contributed by atoms with Crippen LogP contribution in [0.15, 0.2) is 146 Å². The zero-order valence-corrected chi connectivity index (χ0v) is 64.7. The number of carbonyl (C=O) groups is 8. The first-order chi connectivity index (χ1) is 48.0. The highest BCUT2D eigenvalue weighted by molar-refractivity contribution is 6.04. The second-order valence-electron chi connectivity index (χ2n) is 31.3. The molecule has 4 aromatic carbocycles. The van der Waals surface area contributed by atoms with Crippen molar-refractivity contribution in [3.05, 3.63) is 146 Å². The molecule has 104 heavy (non-hydrogen) atoms. The van der Waals surface area contributed by atoms with Gasteiger partial charge in [0.2, 0.25) is 0 Å². The summed E-state index contributed by atoms with van der Waals surface area (Å²) in [5.74, 6) is -0.242. The number of amides is 8. The Morgan fingerprint density at radius 1 is 0.337 bits per heavy atom. The number of ether oxygens (including phenoxy) is 8. The van der Waals surface area contributed by atoms with E-state index in [1.807, 2.05) is 104 Å². The summed E-state index contributed by atoms with van der Waals surface area (Å²) in [7, 11) is 0. The van der Waals surface area contributed by atoms with Crippen LogP contribution < -0.4 is 61.5 Å². The molecular weight excluding hydrogens is 1330 g/mol. The Labute approximate surface area is 615 Å². The summed E-state index contributed by atoms with van der Waals surface area (Å²) in [5, 5.41) is 22.7. The predicted octanol–water partition coefficient (Wildman–Crippen LogP) is 16.2. The first-order valence-electron chi connectivity index (χ1n) is 34.9. The third-order valence-electron chi connectivity index (χ3n) is 16.4. The van der Waals surface area contributed by atoms with Gasteiger partial charge in [-0.3, -0.25) is 19.2 Å². The van der Waals surface area contributed by atoms with Gasteiger partial charge in [-0.25, -0.2) is 19.2 Å². The van der Waals surface area contributed by atoms with E-state index >= 15 is 0 Å². The highest BCUT2D eigenvalue weighted by Gasteiger charge is 2.48. The number of benzene rings is 4. The molecule has 0 aromatic heterocycles. The molecule has 0 saturated carbocycles. The largest absolute Gasteiger partial charge is 0.413 e. The average molecular weight is 1440 g/mol. The Hall–Kier alpha value is -9.36. The molecular formula is C80H114N8O16. The van der Waals surface area contributed by atoms with Gasteiger partial charge in [0.15, 0.2) is 0 Å². The van der Waals surface area contributed by atoms with Crippen molar-refractivity contribution >= 4 is 70.8 Å². The van der Waals surface area contributed by atoms with E-state index in [0.717, 1.165) is 0 Å². The molecule has 1 unspecified atom stereocenters. The van der Waals surface area contributed by atoms with Crippen molar-refractivity contribution in [2.45, 2.75) is 228 Å². The molecule has 0 heterocycles. The van der Waals surface area contributed by atoms with Crippen LogP contribution in [0.3, 0.4) is 0 Å². The number of hydrogen-bond acceptors (Lipinski definition) is 16. The molecule has 570 valence electrons. The van der Waals surface area contributed by atoms with E-state index in [2.05, 4.69) is 68.9 Å². The van der Waals surface area contributed by atoms with E-state index in [9.17, 15) is 38.4 Å². The predicted molar refractivity (Wildman–Crippen MR) is 407 cm³/mol. The molecule has 4 rings (SSSR count). The minimum Gasteiger partial charge on any atom is -0.410 e. The molecule has 0 spiro atoms. The van der Waals surface area contributed by atoms with Gasteiger partial charge >= 0.3 is 24.4 Å². The van der Waals surface area contributed by atoms with Crippen molar-refractivity contribution in [2.75, 3.05) is 47.7 Å². The number of nitrogens with one attached hydrogen (secondary N) is 8. The van der Waals surface area contributed by atoms with Crippen LogP contribution in [0, 0.1) is 5.41 Å². The second-order valence-corrected chi connectivity index (χ2v) is 31.3. The summed E-state index contributed by atoms with van der Waals surface area (Å²) in [6, 6.07) is 25.2. The molecule has 0 fully saturated rings. The Morgan fingerprint density at radius 2 is 0.548 bits per heavy atom. The van der Waals surface area contributed by atoms with Crippen molar-refractivity contribution in [1.82, 2.24) is 21.3 Å². The zero-order chi connectivity index (χ0) is 78.2. The fourth-order valence-corrected chi connectivity index (χ4v) is 11.7. The molecule has 0 saturated heterocycles. The van der Waals surface area contributed by atoms with Crippen LogP contribution in [0.1, 0.15) is 183 Å². The molecule has 8 N–H and O–H groups in total. The molecule has 24 nitrogen and oxygen atoms in total. The van der Waals surface area contributed by atoms with Gasteiger partial charge in [0, 0.05) is 94.1 Å². The number of rotatable bonds is 40. The van der Waals surface area contributed by atoms with E-state index in [1.54, 1.807) is 125 Å². The molecule has 8 amide bonds. The van der Waals surface area contributed by atoms with Crippen LogP contribution in [0.25, 0.3) is 0 Å². The second kappa shape index (κ2) is 37.9. The Kier molecular flexibility index (Phi) is 31.7. The van der Waals surface area contributed by atoms with Gasteiger partial charge in [-0.15, -0.1) is 0 Å². The minimum atomic E-state index is -0.867. The lowest BCUT2D eigenvalue weighted by molar-refractivity contribution is -0.146. The number of hydrogen-bond donors (Lipinski definition) is 8. The van der Waals surface area contributed by atoms with E-state index < -0.39 is 68.8 Å². The first-order valence-corrected chi connectivity index (χ1v) is 34.9. The molecule has 1 atom stereocenters. The maximum absolute atomic E-state index is 13.4. The molecule has 0 radical (unpaired) electrons. The fraction of sp³-hybridized carbons (Fsp3) is 0.500. The van der Waals surface area contributed by atoms with Crippen molar-refractivity contribution in [2.24, 2.45) is 5.41 Å². The Morgan fingerprint density at radius 3 is 0.769 bits per heavy atom. The third kappa shape index (κ3) is 33.4. The topological polar surface area (TPSA) is 307 Å². The van der Waals surface area contributed by atoms with E-state index in [-0.39, 0.29) is 79.1 Å². The molecule has 0 aliphatic heterocycles. The first kappa shape index (κ1) is 87.0.